The van der Waals surface area contributed by atoms with Gasteiger partial charge >= 0.3 is 0 Å². The topological polar surface area (TPSA) is 79.0 Å². The van der Waals surface area contributed by atoms with E-state index in [-0.39, 0.29) is 30.1 Å². The van der Waals surface area contributed by atoms with Crippen LogP contribution in [0.1, 0.15) is 36.7 Å². The van der Waals surface area contributed by atoms with Gasteiger partial charge in [0.05, 0.1) is 25.0 Å². The van der Waals surface area contributed by atoms with E-state index in [4.69, 9.17) is 9.15 Å². The highest BCUT2D eigenvalue weighted by atomic mass is 127. The number of aliphatic hydroxyl groups excluding tert-OH is 1. The number of aliphatic imine (C=N–C) groups is 1. The highest BCUT2D eigenvalue weighted by Gasteiger charge is 2.14. The van der Waals surface area contributed by atoms with Crippen molar-refractivity contribution in [3.05, 3.63) is 60.1 Å². The van der Waals surface area contributed by atoms with Gasteiger partial charge in [0.2, 0.25) is 0 Å². The highest BCUT2D eigenvalue weighted by Crippen LogP contribution is 2.13. The van der Waals surface area contributed by atoms with Crippen LogP contribution in [0.3, 0.4) is 0 Å². The summed E-state index contributed by atoms with van der Waals surface area (Å²) in [4.78, 5) is 4.56. The Morgan fingerprint density at radius 3 is 2.71 bits per heavy atom. The molecule has 0 bridgehead atoms. The van der Waals surface area contributed by atoms with Gasteiger partial charge in [0.15, 0.2) is 5.96 Å². The van der Waals surface area contributed by atoms with Crippen molar-refractivity contribution in [3.8, 4) is 0 Å². The van der Waals surface area contributed by atoms with E-state index < -0.39 is 6.10 Å². The summed E-state index contributed by atoms with van der Waals surface area (Å²) < 4.78 is 11.1. The normalized spacial score (nSPS) is 18.2. The van der Waals surface area contributed by atoms with Crippen LogP contribution in [0.15, 0.2) is 58.1 Å². The lowest BCUT2D eigenvalue weighted by molar-refractivity contribution is 0.0194. The van der Waals surface area contributed by atoms with Crippen LogP contribution >= 0.6 is 24.0 Å². The quantitative estimate of drug-likeness (QED) is 0.295. The lowest BCUT2D eigenvalue weighted by Crippen LogP contribution is -2.43. The second kappa shape index (κ2) is 12.8. The molecule has 0 spiro atoms. The van der Waals surface area contributed by atoms with E-state index in [0.29, 0.717) is 25.6 Å². The number of rotatable bonds is 8. The maximum absolute atomic E-state index is 10.4. The summed E-state index contributed by atoms with van der Waals surface area (Å²) in [5.74, 6) is 1.62. The van der Waals surface area contributed by atoms with Crippen LogP contribution in [0.25, 0.3) is 0 Å². The number of hydrogen-bond acceptors (Lipinski definition) is 4. The molecule has 0 saturated carbocycles. The molecule has 2 aromatic rings. The molecule has 28 heavy (non-hydrogen) atoms. The van der Waals surface area contributed by atoms with Gasteiger partial charge in [-0.15, -0.1) is 24.0 Å². The van der Waals surface area contributed by atoms with Crippen molar-refractivity contribution in [3.63, 3.8) is 0 Å². The summed E-state index contributed by atoms with van der Waals surface area (Å²) in [6.45, 7) is 2.55. The number of aliphatic hydroxyl groups is 1. The van der Waals surface area contributed by atoms with Gasteiger partial charge in [0.25, 0.3) is 0 Å². The second-order valence-electron chi connectivity index (χ2n) is 6.74. The van der Waals surface area contributed by atoms with Gasteiger partial charge in [-0.05, 0) is 37.0 Å². The summed E-state index contributed by atoms with van der Waals surface area (Å²) in [6, 6.07) is 13.4. The highest BCUT2D eigenvalue weighted by molar-refractivity contribution is 14.0. The summed E-state index contributed by atoms with van der Waals surface area (Å²) in [7, 11) is 0. The second-order valence-corrected chi connectivity index (χ2v) is 6.74. The molecule has 6 nitrogen and oxygen atoms in total. The molecular weight excluding hydrogens is 469 g/mol. The van der Waals surface area contributed by atoms with E-state index in [1.807, 2.05) is 42.5 Å². The Labute approximate surface area is 183 Å². The molecule has 1 aromatic heterocycles. The van der Waals surface area contributed by atoms with Gasteiger partial charge in [-0.25, -0.2) is 0 Å². The number of guanidine groups is 1. The summed E-state index contributed by atoms with van der Waals surface area (Å²) in [6.07, 6.45) is 5.46. The number of nitrogens with zero attached hydrogens (tertiary/aromatic N) is 1. The minimum Gasteiger partial charge on any atom is -0.469 e. The van der Waals surface area contributed by atoms with Crippen LogP contribution in [0.2, 0.25) is 0 Å². The van der Waals surface area contributed by atoms with Crippen LogP contribution in [-0.2, 0) is 11.2 Å². The van der Waals surface area contributed by atoms with Crippen molar-refractivity contribution in [2.24, 2.45) is 4.99 Å². The molecule has 1 saturated heterocycles. The molecule has 2 heterocycles. The standard InChI is InChI=1S/C21H29N3O3.HI/c25-20(17-7-2-1-3-8-17)16-24-21(22-12-11-18-10-6-14-26-18)23-15-19-9-4-5-13-27-19;/h1-3,6-8,10,14,19-20,25H,4-5,9,11-13,15-16H2,(H2,22,23,24);1H. The van der Waals surface area contributed by atoms with Crippen molar-refractivity contribution in [2.75, 3.05) is 26.2 Å². The molecule has 1 fully saturated rings. The number of ether oxygens (including phenoxy) is 1. The molecule has 2 unspecified atom stereocenters. The Balaban J connectivity index is 0.00000280. The third-order valence-corrected chi connectivity index (χ3v) is 4.62. The van der Waals surface area contributed by atoms with Gasteiger partial charge in [-0.1, -0.05) is 30.3 Å². The fraction of sp³-hybridized carbons (Fsp3) is 0.476. The maximum Gasteiger partial charge on any atom is 0.191 e. The minimum absolute atomic E-state index is 0. The lowest BCUT2D eigenvalue weighted by atomic mass is 10.1. The zero-order valence-corrected chi connectivity index (χ0v) is 18.4. The van der Waals surface area contributed by atoms with E-state index in [1.54, 1.807) is 6.26 Å². The Bertz CT molecular complexity index is 673. The molecule has 154 valence electrons. The predicted octanol–water partition coefficient (Wildman–Crippen LogP) is 3.28. The molecule has 1 aliphatic heterocycles. The van der Waals surface area contributed by atoms with E-state index in [0.717, 1.165) is 37.2 Å². The van der Waals surface area contributed by atoms with Crippen molar-refractivity contribution in [1.29, 1.82) is 0 Å². The van der Waals surface area contributed by atoms with Crippen LogP contribution in [0.4, 0.5) is 0 Å². The predicted molar refractivity (Wildman–Crippen MR) is 121 cm³/mol. The summed E-state index contributed by atoms with van der Waals surface area (Å²) in [5, 5.41) is 17.0. The van der Waals surface area contributed by atoms with E-state index in [9.17, 15) is 5.11 Å². The SMILES string of the molecule is I.OC(CN=C(NCCc1ccco1)NCC1CCCCO1)c1ccccc1. The van der Waals surface area contributed by atoms with Crippen molar-refractivity contribution in [2.45, 2.75) is 37.9 Å². The van der Waals surface area contributed by atoms with E-state index in [1.165, 1.54) is 6.42 Å². The first-order valence-corrected chi connectivity index (χ1v) is 9.70. The molecular formula is C21H30IN3O3. The fourth-order valence-corrected chi connectivity index (χ4v) is 3.07. The van der Waals surface area contributed by atoms with Gasteiger partial charge in [0, 0.05) is 26.1 Å². The lowest BCUT2D eigenvalue weighted by Gasteiger charge is -2.24. The first kappa shape index (κ1) is 22.7. The molecule has 2 atom stereocenters. The Morgan fingerprint density at radius 1 is 1.14 bits per heavy atom. The van der Waals surface area contributed by atoms with Gasteiger partial charge < -0.3 is 24.9 Å². The largest absolute Gasteiger partial charge is 0.469 e. The molecule has 1 aliphatic rings. The van der Waals surface area contributed by atoms with Crippen molar-refractivity contribution in [1.82, 2.24) is 10.6 Å². The Hall–Kier alpha value is -1.58. The van der Waals surface area contributed by atoms with Gasteiger partial charge in [-0.2, -0.15) is 0 Å². The summed E-state index contributed by atoms with van der Waals surface area (Å²) in [5.41, 5.74) is 0.867. The first-order chi connectivity index (χ1) is 13.3. The molecule has 0 radical (unpaired) electrons. The average molecular weight is 499 g/mol. The minimum atomic E-state index is -0.624. The van der Waals surface area contributed by atoms with Crippen LogP contribution < -0.4 is 10.6 Å². The molecule has 0 amide bonds. The zero-order chi connectivity index (χ0) is 18.7. The number of hydrogen-bond donors (Lipinski definition) is 3. The molecule has 1 aromatic carbocycles. The average Bonchev–Trinajstić information content (AvgIpc) is 3.24. The third kappa shape index (κ3) is 7.81. The van der Waals surface area contributed by atoms with Crippen molar-refractivity contribution >= 4 is 29.9 Å². The fourth-order valence-electron chi connectivity index (χ4n) is 3.07. The van der Waals surface area contributed by atoms with E-state index in [2.05, 4.69) is 15.6 Å². The number of benzene rings is 1. The zero-order valence-electron chi connectivity index (χ0n) is 16.0. The maximum atomic E-state index is 10.4. The van der Waals surface area contributed by atoms with Gasteiger partial charge in [0.1, 0.15) is 5.76 Å². The monoisotopic (exact) mass is 499 g/mol. The van der Waals surface area contributed by atoms with Crippen LogP contribution in [0.5, 0.6) is 0 Å². The number of halogens is 1. The molecule has 3 rings (SSSR count). The Kier molecular flexibility index (Phi) is 10.4. The van der Waals surface area contributed by atoms with Crippen LogP contribution in [-0.4, -0.2) is 43.4 Å². The smallest absolute Gasteiger partial charge is 0.191 e. The van der Waals surface area contributed by atoms with E-state index >= 15 is 0 Å². The van der Waals surface area contributed by atoms with Crippen LogP contribution in [0, 0.1) is 0 Å². The third-order valence-electron chi connectivity index (χ3n) is 4.62. The number of nitrogens with one attached hydrogen (secondary N) is 2. The van der Waals surface area contributed by atoms with Gasteiger partial charge in [-0.3, -0.25) is 4.99 Å². The Morgan fingerprint density at radius 2 is 2.00 bits per heavy atom. The molecule has 0 aliphatic carbocycles. The molecule has 3 N–H and O–H groups in total. The number of furan rings is 1. The van der Waals surface area contributed by atoms with Crippen molar-refractivity contribution < 1.29 is 14.3 Å². The molecule has 7 heteroatoms. The summed E-state index contributed by atoms with van der Waals surface area (Å²) >= 11 is 0. The first-order valence-electron chi connectivity index (χ1n) is 9.70.